The highest BCUT2D eigenvalue weighted by Gasteiger charge is 2.32. The van der Waals surface area contributed by atoms with Crippen LogP contribution in [0.25, 0.3) is 0 Å². The molecule has 0 fully saturated rings. The number of hydrogen-bond acceptors (Lipinski definition) is 4. The van der Waals surface area contributed by atoms with Gasteiger partial charge in [-0.25, -0.2) is 17.2 Å². The number of carbonyl (C=O) groups excluding carboxylic acids is 2. The van der Waals surface area contributed by atoms with Gasteiger partial charge in [0.05, 0.1) is 10.6 Å². The first-order valence-corrected chi connectivity index (χ1v) is 12.2. The van der Waals surface area contributed by atoms with Gasteiger partial charge in [0.15, 0.2) is 0 Å². The molecule has 0 unspecified atom stereocenters. The van der Waals surface area contributed by atoms with Crippen LogP contribution >= 0.6 is 0 Å². The Hall–Kier alpha value is -3.79. The van der Waals surface area contributed by atoms with Gasteiger partial charge in [0.1, 0.15) is 24.2 Å². The molecule has 3 aromatic carbocycles. The maximum absolute atomic E-state index is 14.4. The van der Waals surface area contributed by atoms with Gasteiger partial charge >= 0.3 is 0 Å². The zero-order valence-electron chi connectivity index (χ0n) is 19.2. The van der Waals surface area contributed by atoms with Crippen LogP contribution in [0, 0.1) is 11.6 Å². The summed E-state index contributed by atoms with van der Waals surface area (Å²) in [6.07, 6.45) is 0. The lowest BCUT2D eigenvalue weighted by Crippen LogP contribution is -2.50. The Morgan fingerprint density at radius 3 is 2.11 bits per heavy atom. The van der Waals surface area contributed by atoms with E-state index in [0.29, 0.717) is 0 Å². The molecule has 0 aliphatic carbocycles. The molecule has 2 amide bonds. The largest absolute Gasteiger partial charge is 0.357 e. The number of amides is 2. The highest BCUT2D eigenvalue weighted by atomic mass is 32.2. The molecule has 0 aliphatic rings. The van der Waals surface area contributed by atoms with Crippen LogP contribution in [-0.4, -0.2) is 44.8 Å². The number of carbonyl (C=O) groups is 2. The zero-order valence-corrected chi connectivity index (χ0v) is 20.0. The number of rotatable bonds is 9. The summed E-state index contributed by atoms with van der Waals surface area (Å²) < 4.78 is 55.7. The number of halogens is 2. The van der Waals surface area contributed by atoms with Crippen LogP contribution in [0.1, 0.15) is 12.5 Å². The SMILES string of the molecule is CNC(=O)[C@@H](C)N(Cc1ccccc1F)C(=O)CN(c1ccc(F)cc1)S(=O)(=O)c1ccccc1. The smallest absolute Gasteiger partial charge is 0.264 e. The van der Waals surface area contributed by atoms with Crippen molar-refractivity contribution in [2.24, 2.45) is 0 Å². The third-order valence-electron chi connectivity index (χ3n) is 5.44. The van der Waals surface area contributed by atoms with Crippen LogP contribution in [0.3, 0.4) is 0 Å². The van der Waals surface area contributed by atoms with Crippen LogP contribution in [0.15, 0.2) is 83.8 Å². The number of anilines is 1. The van der Waals surface area contributed by atoms with E-state index in [2.05, 4.69) is 5.32 Å². The minimum Gasteiger partial charge on any atom is -0.357 e. The van der Waals surface area contributed by atoms with Gasteiger partial charge in [0.2, 0.25) is 11.8 Å². The van der Waals surface area contributed by atoms with Crippen LogP contribution in [0.4, 0.5) is 14.5 Å². The predicted molar refractivity (Wildman–Crippen MR) is 128 cm³/mol. The van der Waals surface area contributed by atoms with Gasteiger partial charge in [-0.15, -0.1) is 0 Å². The lowest BCUT2D eigenvalue weighted by Gasteiger charge is -2.31. The number of benzene rings is 3. The second-order valence-corrected chi connectivity index (χ2v) is 9.57. The number of likely N-dealkylation sites (N-methyl/N-ethyl adjacent to an activating group) is 1. The van der Waals surface area contributed by atoms with E-state index < -0.39 is 46.1 Å². The lowest BCUT2D eigenvalue weighted by molar-refractivity contribution is -0.139. The fourth-order valence-electron chi connectivity index (χ4n) is 3.46. The first-order chi connectivity index (χ1) is 16.6. The van der Waals surface area contributed by atoms with Crippen molar-refractivity contribution in [1.29, 1.82) is 0 Å². The number of nitrogens with zero attached hydrogens (tertiary/aromatic N) is 2. The molecule has 0 spiro atoms. The van der Waals surface area contributed by atoms with E-state index in [9.17, 15) is 26.8 Å². The Morgan fingerprint density at radius 1 is 0.914 bits per heavy atom. The molecular weight excluding hydrogens is 476 g/mol. The van der Waals surface area contributed by atoms with Crippen molar-refractivity contribution in [2.45, 2.75) is 24.4 Å². The molecule has 0 saturated carbocycles. The standard InChI is InChI=1S/C25H25F2N3O4S/c1-18(25(32)28-2)29(16-19-8-6-7-11-23(19)27)24(31)17-30(21-14-12-20(26)13-15-21)35(33,34)22-9-4-3-5-10-22/h3-15,18H,16-17H2,1-2H3,(H,28,32)/t18-/m1/s1. The van der Waals surface area contributed by atoms with Crippen molar-refractivity contribution < 1.29 is 26.8 Å². The third kappa shape index (κ3) is 6.02. The van der Waals surface area contributed by atoms with Crippen LogP contribution in [0.5, 0.6) is 0 Å². The zero-order chi connectivity index (χ0) is 25.6. The van der Waals surface area contributed by atoms with E-state index in [0.717, 1.165) is 21.3 Å². The molecular formula is C25H25F2N3O4S. The minimum atomic E-state index is -4.24. The molecule has 184 valence electrons. The summed E-state index contributed by atoms with van der Waals surface area (Å²) in [6.45, 7) is 0.507. The number of hydrogen-bond donors (Lipinski definition) is 1. The van der Waals surface area contributed by atoms with Crippen LogP contribution in [-0.2, 0) is 26.2 Å². The van der Waals surface area contributed by atoms with Crippen molar-refractivity contribution in [2.75, 3.05) is 17.9 Å². The Morgan fingerprint density at radius 2 is 1.51 bits per heavy atom. The summed E-state index contributed by atoms with van der Waals surface area (Å²) in [4.78, 5) is 26.9. The molecule has 7 nitrogen and oxygen atoms in total. The first-order valence-electron chi connectivity index (χ1n) is 10.7. The maximum Gasteiger partial charge on any atom is 0.264 e. The summed E-state index contributed by atoms with van der Waals surface area (Å²) >= 11 is 0. The minimum absolute atomic E-state index is 0.0574. The van der Waals surface area contributed by atoms with Gasteiger partial charge in [0.25, 0.3) is 10.0 Å². The van der Waals surface area contributed by atoms with E-state index in [4.69, 9.17) is 0 Å². The van der Waals surface area contributed by atoms with Gasteiger partial charge in [-0.2, -0.15) is 0 Å². The quantitative estimate of drug-likeness (QED) is 0.487. The molecule has 0 aliphatic heterocycles. The summed E-state index contributed by atoms with van der Waals surface area (Å²) in [5, 5.41) is 2.45. The molecule has 35 heavy (non-hydrogen) atoms. The normalized spacial score (nSPS) is 12.0. The molecule has 10 heteroatoms. The predicted octanol–water partition coefficient (Wildman–Crippen LogP) is 3.32. The summed E-state index contributed by atoms with van der Waals surface area (Å²) in [7, 11) is -2.84. The van der Waals surface area contributed by atoms with E-state index in [1.54, 1.807) is 12.1 Å². The van der Waals surface area contributed by atoms with Gasteiger partial charge in [-0.05, 0) is 49.4 Å². The van der Waals surface area contributed by atoms with Gasteiger partial charge < -0.3 is 10.2 Å². The van der Waals surface area contributed by atoms with E-state index in [1.165, 1.54) is 68.6 Å². The molecule has 3 rings (SSSR count). The van der Waals surface area contributed by atoms with E-state index in [-0.39, 0.29) is 22.7 Å². The van der Waals surface area contributed by atoms with Crippen molar-refractivity contribution in [3.63, 3.8) is 0 Å². The van der Waals surface area contributed by atoms with Crippen molar-refractivity contribution in [1.82, 2.24) is 10.2 Å². The van der Waals surface area contributed by atoms with Gasteiger partial charge in [-0.1, -0.05) is 36.4 Å². The molecule has 3 aromatic rings. The summed E-state index contributed by atoms with van der Waals surface area (Å²) in [6, 6.07) is 16.9. The Bertz CT molecular complexity index is 1290. The second kappa shape index (κ2) is 11.1. The molecule has 0 heterocycles. The highest BCUT2D eigenvalue weighted by Crippen LogP contribution is 2.25. The third-order valence-corrected chi connectivity index (χ3v) is 7.22. The highest BCUT2D eigenvalue weighted by molar-refractivity contribution is 7.92. The lowest BCUT2D eigenvalue weighted by atomic mass is 10.1. The Kier molecular flexibility index (Phi) is 8.18. The Labute approximate surface area is 203 Å². The van der Waals surface area contributed by atoms with Crippen LogP contribution < -0.4 is 9.62 Å². The average molecular weight is 502 g/mol. The number of nitrogens with one attached hydrogen (secondary N) is 1. The van der Waals surface area contributed by atoms with E-state index in [1.807, 2.05) is 0 Å². The van der Waals surface area contributed by atoms with Gasteiger partial charge in [0, 0.05) is 19.2 Å². The van der Waals surface area contributed by atoms with Crippen LogP contribution in [0.2, 0.25) is 0 Å². The summed E-state index contributed by atoms with van der Waals surface area (Å²) in [5.74, 6) is -2.39. The molecule has 0 radical (unpaired) electrons. The molecule has 0 saturated heterocycles. The molecule has 1 N–H and O–H groups in total. The maximum atomic E-state index is 14.4. The van der Waals surface area contributed by atoms with Crippen molar-refractivity contribution in [3.05, 3.63) is 96.1 Å². The number of sulfonamides is 1. The van der Waals surface area contributed by atoms with Crippen molar-refractivity contribution >= 4 is 27.5 Å². The van der Waals surface area contributed by atoms with E-state index >= 15 is 0 Å². The fraction of sp³-hybridized carbons (Fsp3) is 0.200. The topological polar surface area (TPSA) is 86.8 Å². The molecule has 0 bridgehead atoms. The summed E-state index contributed by atoms with van der Waals surface area (Å²) in [5.41, 5.74) is 0.220. The average Bonchev–Trinajstić information content (AvgIpc) is 2.86. The molecule has 0 aromatic heterocycles. The first kappa shape index (κ1) is 25.8. The van der Waals surface area contributed by atoms with Gasteiger partial charge in [-0.3, -0.25) is 13.9 Å². The monoisotopic (exact) mass is 501 g/mol. The van der Waals surface area contributed by atoms with Crippen molar-refractivity contribution in [3.8, 4) is 0 Å². The Balaban J connectivity index is 2.02. The molecule has 1 atom stereocenters. The second-order valence-electron chi connectivity index (χ2n) is 7.70. The fourth-order valence-corrected chi connectivity index (χ4v) is 4.89.